The molecule has 1 heterocycles. The molecule has 0 bridgehead atoms. The van der Waals surface area contributed by atoms with Gasteiger partial charge in [0.25, 0.3) is 5.91 Å². The first-order valence-corrected chi connectivity index (χ1v) is 9.67. The number of aromatic nitrogens is 2. The van der Waals surface area contributed by atoms with Crippen molar-refractivity contribution in [2.75, 3.05) is 29.9 Å². The molecule has 0 saturated heterocycles. The molecule has 2 rings (SSSR count). The van der Waals surface area contributed by atoms with Gasteiger partial charge < -0.3 is 15.0 Å². The third kappa shape index (κ3) is 5.77. The maximum Gasteiger partial charge on any atom is 0.338 e. The lowest BCUT2D eigenvalue weighted by Gasteiger charge is -2.23. The summed E-state index contributed by atoms with van der Waals surface area (Å²) >= 11 is 0. The number of carbonyl (C=O) groups excluding carboxylic acids is 2. The second-order valence-electron chi connectivity index (χ2n) is 6.40. The van der Waals surface area contributed by atoms with Crippen LogP contribution >= 0.6 is 0 Å². The Kier molecular flexibility index (Phi) is 7.92. The van der Waals surface area contributed by atoms with E-state index in [1.165, 1.54) is 0 Å². The maximum absolute atomic E-state index is 12.7. The predicted molar refractivity (Wildman–Crippen MR) is 110 cm³/mol. The molecule has 7 heteroatoms. The Morgan fingerprint density at radius 3 is 2.25 bits per heavy atom. The average molecular weight is 384 g/mol. The van der Waals surface area contributed by atoms with Gasteiger partial charge in [0.2, 0.25) is 0 Å². The van der Waals surface area contributed by atoms with Crippen LogP contribution in [-0.2, 0) is 4.74 Å². The summed E-state index contributed by atoms with van der Waals surface area (Å²) in [6.45, 7) is 9.84. The first kappa shape index (κ1) is 21.3. The van der Waals surface area contributed by atoms with E-state index in [1.807, 2.05) is 0 Å². The number of ether oxygens (including phenoxy) is 1. The number of amides is 1. The number of hydrogen-bond acceptors (Lipinski definition) is 6. The Hall–Kier alpha value is -2.96. The number of benzene rings is 1. The van der Waals surface area contributed by atoms with Crippen LogP contribution in [0.25, 0.3) is 0 Å². The van der Waals surface area contributed by atoms with Crippen molar-refractivity contribution in [3.63, 3.8) is 0 Å². The molecule has 1 amide bonds. The summed E-state index contributed by atoms with van der Waals surface area (Å²) in [6.07, 6.45) is 1.99. The Bertz CT molecular complexity index is 800. The molecule has 0 fully saturated rings. The second kappa shape index (κ2) is 10.4. The highest BCUT2D eigenvalue weighted by molar-refractivity contribution is 6.03. The van der Waals surface area contributed by atoms with Crippen LogP contribution in [0, 0.1) is 6.92 Å². The minimum Gasteiger partial charge on any atom is -0.462 e. The maximum atomic E-state index is 12.7. The molecule has 0 atom stereocenters. The fraction of sp³-hybridized carbons (Fsp3) is 0.429. The molecule has 28 heavy (non-hydrogen) atoms. The molecule has 1 aromatic carbocycles. The summed E-state index contributed by atoms with van der Waals surface area (Å²) < 4.78 is 4.96. The van der Waals surface area contributed by atoms with Crippen molar-refractivity contribution in [3.05, 3.63) is 47.4 Å². The summed E-state index contributed by atoms with van der Waals surface area (Å²) in [5.74, 6) is 0.614. The quantitative estimate of drug-likeness (QED) is 0.661. The fourth-order valence-electron chi connectivity index (χ4n) is 2.81. The number of nitrogens with zero attached hydrogens (tertiary/aromatic N) is 3. The van der Waals surface area contributed by atoms with Crippen LogP contribution in [0.5, 0.6) is 0 Å². The van der Waals surface area contributed by atoms with Gasteiger partial charge in [0.15, 0.2) is 0 Å². The van der Waals surface area contributed by atoms with Crippen LogP contribution in [0.2, 0.25) is 0 Å². The van der Waals surface area contributed by atoms with E-state index in [2.05, 4.69) is 34.0 Å². The molecular weight excluding hydrogens is 356 g/mol. The van der Waals surface area contributed by atoms with Crippen molar-refractivity contribution >= 4 is 23.4 Å². The van der Waals surface area contributed by atoms with Gasteiger partial charge in [-0.1, -0.05) is 13.8 Å². The molecule has 0 saturated carbocycles. The smallest absolute Gasteiger partial charge is 0.338 e. The van der Waals surface area contributed by atoms with Gasteiger partial charge in [-0.3, -0.25) is 4.79 Å². The van der Waals surface area contributed by atoms with Crippen LogP contribution in [0.15, 0.2) is 30.3 Å². The lowest BCUT2D eigenvalue weighted by Crippen LogP contribution is -2.27. The van der Waals surface area contributed by atoms with Crippen LogP contribution in [0.4, 0.5) is 11.5 Å². The summed E-state index contributed by atoms with van der Waals surface area (Å²) in [6, 6.07) is 8.29. The molecule has 7 nitrogen and oxygen atoms in total. The van der Waals surface area contributed by atoms with Crippen molar-refractivity contribution in [3.8, 4) is 0 Å². The minimum atomic E-state index is -0.386. The van der Waals surface area contributed by atoms with Crippen LogP contribution in [-0.4, -0.2) is 41.5 Å². The van der Waals surface area contributed by atoms with E-state index in [0.717, 1.165) is 31.7 Å². The van der Waals surface area contributed by atoms with Gasteiger partial charge in [-0.2, -0.15) is 0 Å². The zero-order valence-corrected chi connectivity index (χ0v) is 17.0. The van der Waals surface area contributed by atoms with Crippen molar-refractivity contribution in [1.82, 2.24) is 9.97 Å². The molecule has 0 aliphatic rings. The van der Waals surface area contributed by atoms with Crippen molar-refractivity contribution in [1.29, 1.82) is 0 Å². The summed E-state index contributed by atoms with van der Waals surface area (Å²) in [7, 11) is 0. The van der Waals surface area contributed by atoms with Crippen molar-refractivity contribution in [2.45, 2.75) is 40.5 Å². The highest BCUT2D eigenvalue weighted by Gasteiger charge is 2.15. The highest BCUT2D eigenvalue weighted by atomic mass is 16.5. The molecule has 0 unspecified atom stereocenters. The van der Waals surface area contributed by atoms with E-state index in [1.54, 1.807) is 44.2 Å². The number of rotatable bonds is 9. The number of anilines is 2. The van der Waals surface area contributed by atoms with E-state index in [9.17, 15) is 9.59 Å². The van der Waals surface area contributed by atoms with Gasteiger partial charge in [0.05, 0.1) is 12.2 Å². The van der Waals surface area contributed by atoms with E-state index >= 15 is 0 Å². The number of hydrogen-bond donors (Lipinski definition) is 1. The molecule has 1 N–H and O–H groups in total. The monoisotopic (exact) mass is 384 g/mol. The van der Waals surface area contributed by atoms with Crippen LogP contribution < -0.4 is 10.2 Å². The topological polar surface area (TPSA) is 84.4 Å². The van der Waals surface area contributed by atoms with Crippen LogP contribution in [0.1, 0.15) is 60.3 Å². The Morgan fingerprint density at radius 2 is 1.68 bits per heavy atom. The van der Waals surface area contributed by atoms with Gasteiger partial charge >= 0.3 is 5.97 Å². The third-order valence-corrected chi connectivity index (χ3v) is 4.02. The molecule has 0 spiro atoms. The van der Waals surface area contributed by atoms with Gasteiger partial charge in [0, 0.05) is 24.8 Å². The number of carbonyl (C=O) groups is 2. The first-order chi connectivity index (χ1) is 13.5. The molecule has 0 aliphatic carbocycles. The molecule has 0 aliphatic heterocycles. The van der Waals surface area contributed by atoms with Crippen LogP contribution in [0.3, 0.4) is 0 Å². The number of esters is 1. The fourth-order valence-corrected chi connectivity index (χ4v) is 2.81. The lowest BCUT2D eigenvalue weighted by molar-refractivity contribution is 0.0526. The standard InChI is InChI=1S/C21H28N4O3/c1-5-12-25(13-6-2)19-14-18(22-15(4)23-19)20(26)24-17-10-8-16(9-11-17)21(27)28-7-3/h8-11,14H,5-7,12-13H2,1-4H3,(H,24,26). The molecule has 150 valence electrons. The largest absolute Gasteiger partial charge is 0.462 e. The van der Waals surface area contributed by atoms with E-state index in [-0.39, 0.29) is 11.9 Å². The van der Waals surface area contributed by atoms with Gasteiger partial charge in [-0.25, -0.2) is 14.8 Å². The Morgan fingerprint density at radius 1 is 1.04 bits per heavy atom. The van der Waals surface area contributed by atoms with Gasteiger partial charge in [0.1, 0.15) is 17.3 Å². The Balaban J connectivity index is 2.16. The average Bonchev–Trinajstić information content (AvgIpc) is 2.68. The summed E-state index contributed by atoms with van der Waals surface area (Å²) in [4.78, 5) is 35.3. The molecule has 2 aromatic rings. The normalized spacial score (nSPS) is 10.4. The van der Waals surface area contributed by atoms with Gasteiger partial charge in [-0.15, -0.1) is 0 Å². The summed E-state index contributed by atoms with van der Waals surface area (Å²) in [5, 5.41) is 2.81. The Labute approximate surface area is 166 Å². The molecule has 1 aromatic heterocycles. The third-order valence-electron chi connectivity index (χ3n) is 4.02. The van der Waals surface area contributed by atoms with Crippen molar-refractivity contribution in [2.24, 2.45) is 0 Å². The minimum absolute atomic E-state index is 0.314. The van der Waals surface area contributed by atoms with E-state index in [0.29, 0.717) is 29.4 Å². The van der Waals surface area contributed by atoms with Crippen molar-refractivity contribution < 1.29 is 14.3 Å². The second-order valence-corrected chi connectivity index (χ2v) is 6.40. The first-order valence-electron chi connectivity index (χ1n) is 9.67. The lowest BCUT2D eigenvalue weighted by atomic mass is 10.2. The predicted octanol–water partition coefficient (Wildman–Crippen LogP) is 3.84. The van der Waals surface area contributed by atoms with E-state index < -0.39 is 0 Å². The molecule has 0 radical (unpaired) electrons. The van der Waals surface area contributed by atoms with E-state index in [4.69, 9.17) is 4.74 Å². The zero-order valence-electron chi connectivity index (χ0n) is 17.0. The number of nitrogens with one attached hydrogen (secondary N) is 1. The zero-order chi connectivity index (χ0) is 20.5. The SMILES string of the molecule is CCCN(CCC)c1cc(C(=O)Nc2ccc(C(=O)OCC)cc2)nc(C)n1. The molecular formula is C21H28N4O3. The number of aryl methyl sites for hydroxylation is 1. The summed E-state index contributed by atoms with van der Waals surface area (Å²) in [5.41, 5.74) is 1.33. The highest BCUT2D eigenvalue weighted by Crippen LogP contribution is 2.16. The van der Waals surface area contributed by atoms with Gasteiger partial charge in [-0.05, 0) is 51.0 Å².